The highest BCUT2D eigenvalue weighted by molar-refractivity contribution is 6.07. The number of anilines is 1. The van der Waals surface area contributed by atoms with E-state index in [1.807, 2.05) is 18.5 Å². The summed E-state index contributed by atoms with van der Waals surface area (Å²) in [7, 11) is 0. The van der Waals surface area contributed by atoms with E-state index in [1.54, 1.807) is 31.2 Å². The molecule has 0 saturated carbocycles. The predicted octanol–water partition coefficient (Wildman–Crippen LogP) is 2.39. The molecule has 1 aliphatic heterocycles. The summed E-state index contributed by atoms with van der Waals surface area (Å²) >= 11 is 0. The molecule has 1 atom stereocenters. The Morgan fingerprint density at radius 3 is 2.62 bits per heavy atom. The summed E-state index contributed by atoms with van der Waals surface area (Å²) in [6.07, 6.45) is 0.217. The molecule has 8 heteroatoms. The van der Waals surface area contributed by atoms with Gasteiger partial charge in [-0.15, -0.1) is 0 Å². The molecule has 1 aromatic carbocycles. The standard InChI is InChI=1S/C21H27N5O3/c1-12(2)11-26-14(4)17(13(3)25-26)10-18(27)22-16-8-6-7-15(9-16)21(5)19(28)23-20(29)24-21/h6-9,12H,10-11H2,1-5H3,(H,22,27)(H2,23,24,28,29)/t21-/m0/s1. The quantitative estimate of drug-likeness (QED) is 0.651. The number of aryl methyl sites for hydroxylation is 1. The van der Waals surface area contributed by atoms with Crippen molar-refractivity contribution in [2.24, 2.45) is 5.92 Å². The molecule has 0 aliphatic carbocycles. The first-order valence-electron chi connectivity index (χ1n) is 9.67. The van der Waals surface area contributed by atoms with Gasteiger partial charge in [0.25, 0.3) is 5.91 Å². The van der Waals surface area contributed by atoms with Gasteiger partial charge in [-0.25, -0.2) is 4.79 Å². The van der Waals surface area contributed by atoms with Crippen molar-refractivity contribution in [1.82, 2.24) is 20.4 Å². The molecule has 3 rings (SSSR count). The third kappa shape index (κ3) is 4.16. The van der Waals surface area contributed by atoms with E-state index in [2.05, 4.69) is 34.9 Å². The van der Waals surface area contributed by atoms with Crippen LogP contribution in [0.15, 0.2) is 24.3 Å². The van der Waals surface area contributed by atoms with E-state index in [1.165, 1.54) is 0 Å². The Balaban J connectivity index is 1.75. The maximum absolute atomic E-state index is 12.6. The monoisotopic (exact) mass is 397 g/mol. The van der Waals surface area contributed by atoms with Gasteiger partial charge < -0.3 is 10.6 Å². The zero-order chi connectivity index (χ0) is 21.3. The first kappa shape index (κ1) is 20.6. The van der Waals surface area contributed by atoms with Gasteiger partial charge in [0.2, 0.25) is 5.91 Å². The van der Waals surface area contributed by atoms with Gasteiger partial charge in [0, 0.05) is 23.5 Å². The van der Waals surface area contributed by atoms with Gasteiger partial charge in [0.1, 0.15) is 5.54 Å². The van der Waals surface area contributed by atoms with E-state index in [0.29, 0.717) is 17.2 Å². The number of nitrogens with one attached hydrogen (secondary N) is 3. The van der Waals surface area contributed by atoms with Crippen molar-refractivity contribution in [3.05, 3.63) is 46.8 Å². The topological polar surface area (TPSA) is 105 Å². The van der Waals surface area contributed by atoms with Crippen molar-refractivity contribution < 1.29 is 14.4 Å². The first-order valence-corrected chi connectivity index (χ1v) is 9.67. The lowest BCUT2D eigenvalue weighted by Gasteiger charge is -2.21. The largest absolute Gasteiger partial charge is 0.326 e. The van der Waals surface area contributed by atoms with E-state index in [0.717, 1.165) is 23.5 Å². The molecule has 154 valence electrons. The summed E-state index contributed by atoms with van der Waals surface area (Å²) in [5.74, 6) is -0.121. The Bertz CT molecular complexity index is 979. The fraction of sp³-hybridized carbons (Fsp3) is 0.429. The van der Waals surface area contributed by atoms with Crippen LogP contribution in [-0.2, 0) is 28.1 Å². The summed E-state index contributed by atoms with van der Waals surface area (Å²) < 4.78 is 1.95. The van der Waals surface area contributed by atoms with E-state index in [9.17, 15) is 14.4 Å². The van der Waals surface area contributed by atoms with Gasteiger partial charge in [-0.3, -0.25) is 19.6 Å². The predicted molar refractivity (Wildman–Crippen MR) is 109 cm³/mol. The minimum atomic E-state index is -1.16. The van der Waals surface area contributed by atoms with Crippen LogP contribution in [-0.4, -0.2) is 27.6 Å². The number of carbonyl (C=O) groups excluding carboxylic acids is 3. The molecule has 1 aromatic heterocycles. The molecule has 4 amide bonds. The maximum Gasteiger partial charge on any atom is 0.322 e. The van der Waals surface area contributed by atoms with Crippen molar-refractivity contribution in [3.63, 3.8) is 0 Å². The zero-order valence-corrected chi connectivity index (χ0v) is 17.4. The molecule has 8 nitrogen and oxygen atoms in total. The molecule has 0 bridgehead atoms. The van der Waals surface area contributed by atoms with E-state index >= 15 is 0 Å². The van der Waals surface area contributed by atoms with Crippen LogP contribution in [0.2, 0.25) is 0 Å². The first-order chi connectivity index (χ1) is 13.6. The second-order valence-corrected chi connectivity index (χ2v) is 8.06. The van der Waals surface area contributed by atoms with Crippen LogP contribution < -0.4 is 16.0 Å². The van der Waals surface area contributed by atoms with Crippen molar-refractivity contribution in [3.8, 4) is 0 Å². The molecule has 29 heavy (non-hydrogen) atoms. The molecule has 1 aliphatic rings. The molecule has 0 radical (unpaired) electrons. The highest BCUT2D eigenvalue weighted by atomic mass is 16.2. The smallest absolute Gasteiger partial charge is 0.322 e. The maximum atomic E-state index is 12.6. The fourth-order valence-electron chi connectivity index (χ4n) is 3.53. The molecule has 2 heterocycles. The average Bonchev–Trinajstić information content (AvgIpc) is 3.04. The summed E-state index contributed by atoms with van der Waals surface area (Å²) in [6.45, 7) is 10.6. The Labute approximate surface area is 170 Å². The average molecular weight is 397 g/mol. The normalized spacial score (nSPS) is 18.7. The van der Waals surface area contributed by atoms with Gasteiger partial charge in [0.05, 0.1) is 12.1 Å². The second-order valence-electron chi connectivity index (χ2n) is 8.06. The number of rotatable bonds is 6. The lowest BCUT2D eigenvalue weighted by molar-refractivity contribution is -0.123. The number of urea groups is 1. The van der Waals surface area contributed by atoms with Crippen LogP contribution in [0.5, 0.6) is 0 Å². The van der Waals surface area contributed by atoms with Gasteiger partial charge in [0.15, 0.2) is 0 Å². The summed E-state index contributed by atoms with van der Waals surface area (Å²) in [6, 6.07) is 6.40. The molecule has 2 aromatic rings. The molecule has 1 fully saturated rings. The number of benzene rings is 1. The minimum Gasteiger partial charge on any atom is -0.326 e. The van der Waals surface area contributed by atoms with Crippen molar-refractivity contribution in [2.75, 3.05) is 5.32 Å². The minimum absolute atomic E-state index is 0.164. The molecule has 0 unspecified atom stereocenters. The number of aromatic nitrogens is 2. The molecule has 3 N–H and O–H groups in total. The molecule has 0 spiro atoms. The van der Waals surface area contributed by atoms with Gasteiger partial charge in [-0.05, 0) is 44.4 Å². The Kier molecular flexibility index (Phi) is 5.46. The number of imide groups is 1. The molecular formula is C21H27N5O3. The third-order valence-electron chi connectivity index (χ3n) is 5.18. The number of nitrogens with zero attached hydrogens (tertiary/aromatic N) is 2. The summed E-state index contributed by atoms with van der Waals surface area (Å²) in [4.78, 5) is 36.3. The highest BCUT2D eigenvalue weighted by Gasteiger charge is 2.43. The van der Waals surface area contributed by atoms with E-state index in [4.69, 9.17) is 0 Å². The lowest BCUT2D eigenvalue weighted by Crippen LogP contribution is -2.40. The summed E-state index contributed by atoms with van der Waals surface area (Å²) in [5.41, 5.74) is 2.77. The van der Waals surface area contributed by atoms with Gasteiger partial charge in [-0.2, -0.15) is 5.10 Å². The lowest BCUT2D eigenvalue weighted by atomic mass is 9.92. The molecule has 1 saturated heterocycles. The van der Waals surface area contributed by atoms with Crippen molar-refractivity contribution in [1.29, 1.82) is 0 Å². The van der Waals surface area contributed by atoms with Crippen LogP contribution in [0.1, 0.15) is 43.3 Å². The Morgan fingerprint density at radius 2 is 2.00 bits per heavy atom. The number of hydrogen-bond donors (Lipinski definition) is 3. The fourth-order valence-corrected chi connectivity index (χ4v) is 3.53. The van der Waals surface area contributed by atoms with Gasteiger partial charge in [-0.1, -0.05) is 26.0 Å². The van der Waals surface area contributed by atoms with Crippen molar-refractivity contribution in [2.45, 2.75) is 53.1 Å². The zero-order valence-electron chi connectivity index (χ0n) is 17.4. The van der Waals surface area contributed by atoms with Gasteiger partial charge >= 0.3 is 6.03 Å². The SMILES string of the molecule is Cc1nn(CC(C)C)c(C)c1CC(=O)Nc1cccc([C@]2(C)NC(=O)NC2=O)c1. The number of amides is 4. The highest BCUT2D eigenvalue weighted by Crippen LogP contribution is 2.26. The number of hydrogen-bond acceptors (Lipinski definition) is 4. The summed E-state index contributed by atoms with van der Waals surface area (Å²) in [5, 5.41) is 12.3. The Morgan fingerprint density at radius 1 is 1.28 bits per heavy atom. The van der Waals surface area contributed by atoms with Crippen LogP contribution in [0.3, 0.4) is 0 Å². The van der Waals surface area contributed by atoms with Crippen LogP contribution in [0.25, 0.3) is 0 Å². The molecular weight excluding hydrogens is 370 g/mol. The van der Waals surface area contributed by atoms with Crippen LogP contribution >= 0.6 is 0 Å². The van der Waals surface area contributed by atoms with E-state index in [-0.39, 0.29) is 12.3 Å². The van der Waals surface area contributed by atoms with Crippen LogP contribution in [0.4, 0.5) is 10.5 Å². The second kappa shape index (κ2) is 7.69. The third-order valence-corrected chi connectivity index (χ3v) is 5.18. The van der Waals surface area contributed by atoms with Crippen LogP contribution in [0, 0.1) is 19.8 Å². The number of carbonyl (C=O) groups is 3. The van der Waals surface area contributed by atoms with Crippen molar-refractivity contribution >= 4 is 23.5 Å². The van der Waals surface area contributed by atoms with E-state index < -0.39 is 17.5 Å². The Hall–Kier alpha value is -3.16.